The molecule has 0 aromatic heterocycles. The largest absolute Gasteiger partial charge is 1.00 e. The number of hydrogen-bond acceptors (Lipinski definition) is 1. The summed E-state index contributed by atoms with van der Waals surface area (Å²) < 4.78 is 0. The minimum absolute atomic E-state index is 0. The van der Waals surface area contributed by atoms with E-state index in [0.29, 0.717) is 0 Å². The summed E-state index contributed by atoms with van der Waals surface area (Å²) in [6.07, 6.45) is 0. The second-order valence-electron chi connectivity index (χ2n) is 2.72. The van der Waals surface area contributed by atoms with E-state index in [1.807, 2.05) is 27.7 Å². The van der Waals surface area contributed by atoms with Crippen molar-refractivity contribution in [3.05, 3.63) is 5.32 Å². The fourth-order valence-corrected chi connectivity index (χ4v) is 0.404. The average molecular weight is 214 g/mol. The van der Waals surface area contributed by atoms with Crippen LogP contribution in [-0.2, 0) is 4.79 Å². The maximum Gasteiger partial charge on any atom is 1.00 e. The van der Waals surface area contributed by atoms with Crippen LogP contribution >= 0.6 is 0 Å². The number of carbonyl (C=O) groups excluding carboxylic acids is 1. The van der Waals surface area contributed by atoms with Crippen LogP contribution in [0.5, 0.6) is 0 Å². The predicted octanol–water partition coefficient (Wildman–Crippen LogP) is -1.04. The van der Waals surface area contributed by atoms with Crippen molar-refractivity contribution in [1.29, 1.82) is 0 Å². The van der Waals surface area contributed by atoms with E-state index >= 15 is 0 Å². The minimum atomic E-state index is 0. The van der Waals surface area contributed by atoms with Gasteiger partial charge in [0.25, 0.3) is 0 Å². The minimum Gasteiger partial charge on any atom is -0.651 e. The van der Waals surface area contributed by atoms with E-state index in [-0.39, 0.29) is 76.1 Å². The second-order valence-corrected chi connectivity index (χ2v) is 2.72. The molecule has 0 saturated carbocycles. The van der Waals surface area contributed by atoms with Crippen LogP contribution in [0.15, 0.2) is 0 Å². The molecule has 0 saturated heterocycles. The van der Waals surface area contributed by atoms with Gasteiger partial charge >= 0.3 is 58.2 Å². The Morgan fingerprint density at radius 2 is 1.60 bits per heavy atom. The molecule has 54 valence electrons. The first-order valence-electron chi connectivity index (χ1n) is 3.28. The SMILES string of the molecule is CC(C)[N-]C(=O)C(C)C.[Rb+]. The average Bonchev–Trinajstić information content (AvgIpc) is 1.63. The third kappa shape index (κ3) is 7.38. The fourth-order valence-electron chi connectivity index (χ4n) is 0.404. The van der Waals surface area contributed by atoms with Crippen molar-refractivity contribution in [3.63, 3.8) is 0 Å². The molecule has 0 unspecified atom stereocenters. The van der Waals surface area contributed by atoms with Gasteiger partial charge in [0, 0.05) is 0 Å². The Morgan fingerprint density at radius 3 is 1.70 bits per heavy atom. The topological polar surface area (TPSA) is 31.2 Å². The molecule has 0 atom stereocenters. The van der Waals surface area contributed by atoms with Crippen LogP contribution in [0.1, 0.15) is 27.7 Å². The van der Waals surface area contributed by atoms with Crippen LogP contribution in [0, 0.1) is 5.92 Å². The summed E-state index contributed by atoms with van der Waals surface area (Å²) in [4.78, 5) is 10.8. The van der Waals surface area contributed by atoms with Crippen LogP contribution in [0.2, 0.25) is 0 Å². The molecular weight excluding hydrogens is 200 g/mol. The van der Waals surface area contributed by atoms with E-state index < -0.39 is 0 Å². The Bertz CT molecular complexity index is 102. The Labute approximate surface area is 112 Å². The zero-order valence-electron chi connectivity index (χ0n) is 7.51. The Kier molecular flexibility index (Phi) is 9.62. The molecule has 0 aliphatic rings. The van der Waals surface area contributed by atoms with Gasteiger partial charge in [-0.2, -0.15) is 0 Å². The van der Waals surface area contributed by atoms with Gasteiger partial charge < -0.3 is 10.1 Å². The van der Waals surface area contributed by atoms with Gasteiger partial charge in [-0.25, -0.2) is 0 Å². The maximum absolute atomic E-state index is 10.8. The van der Waals surface area contributed by atoms with Crippen LogP contribution < -0.4 is 58.2 Å². The van der Waals surface area contributed by atoms with Gasteiger partial charge in [-0.3, -0.25) is 0 Å². The van der Waals surface area contributed by atoms with Crippen LogP contribution in [0.4, 0.5) is 0 Å². The smallest absolute Gasteiger partial charge is 0.651 e. The molecular formula is C7H14NORb. The number of carbonyl (C=O) groups is 1. The summed E-state index contributed by atoms with van der Waals surface area (Å²) in [6.45, 7) is 7.52. The first-order chi connectivity index (χ1) is 4.04. The van der Waals surface area contributed by atoms with Gasteiger partial charge in [-0.05, 0) is 5.92 Å². The molecule has 2 nitrogen and oxygen atoms in total. The molecule has 3 heteroatoms. The molecule has 0 fully saturated rings. The van der Waals surface area contributed by atoms with Crippen molar-refractivity contribution in [2.45, 2.75) is 33.7 Å². The first kappa shape index (κ1) is 13.8. The van der Waals surface area contributed by atoms with E-state index in [2.05, 4.69) is 5.32 Å². The molecule has 0 bridgehead atoms. The molecule has 0 heterocycles. The van der Waals surface area contributed by atoms with Crippen molar-refractivity contribution in [2.24, 2.45) is 5.92 Å². The zero-order chi connectivity index (χ0) is 7.44. The summed E-state index contributed by atoms with van der Waals surface area (Å²) >= 11 is 0. The number of nitrogens with zero attached hydrogens (tertiary/aromatic N) is 1. The van der Waals surface area contributed by atoms with Gasteiger partial charge in [-0.15, -0.1) is 6.04 Å². The van der Waals surface area contributed by atoms with Crippen LogP contribution in [-0.4, -0.2) is 11.9 Å². The summed E-state index contributed by atoms with van der Waals surface area (Å²) in [6, 6.07) is 0.139. The normalized spacial score (nSPS) is 9.40. The third-order valence-electron chi connectivity index (χ3n) is 0.879. The van der Waals surface area contributed by atoms with Crippen LogP contribution in [0.3, 0.4) is 0 Å². The molecule has 1 amide bonds. The molecule has 0 N–H and O–H groups in total. The standard InChI is InChI=1S/C7H15NO.Rb/c1-5(2)7(9)8-6(3)4;/h5-6H,1-4H3,(H,8,9);/q;+1/p-1. The number of rotatable bonds is 2. The van der Waals surface area contributed by atoms with E-state index in [0.717, 1.165) is 0 Å². The van der Waals surface area contributed by atoms with Crippen molar-refractivity contribution >= 4 is 5.91 Å². The van der Waals surface area contributed by atoms with Crippen LogP contribution in [0.25, 0.3) is 5.32 Å². The van der Waals surface area contributed by atoms with Gasteiger partial charge in [0.05, 0.1) is 5.91 Å². The second kappa shape index (κ2) is 6.95. The van der Waals surface area contributed by atoms with Crippen molar-refractivity contribution < 1.29 is 63.0 Å². The number of hydrogen-bond donors (Lipinski definition) is 0. The molecule has 0 rings (SSSR count). The summed E-state index contributed by atoms with van der Waals surface area (Å²) in [5.74, 6) is 0.0531. The molecule has 0 radical (unpaired) electrons. The van der Waals surface area contributed by atoms with E-state index in [9.17, 15) is 4.79 Å². The van der Waals surface area contributed by atoms with Gasteiger partial charge in [0.15, 0.2) is 0 Å². The zero-order valence-corrected chi connectivity index (χ0v) is 12.4. The summed E-state index contributed by atoms with van der Waals surface area (Å²) in [5, 5.41) is 3.84. The fraction of sp³-hybridized carbons (Fsp3) is 0.857. The molecule has 0 aliphatic carbocycles. The van der Waals surface area contributed by atoms with E-state index in [1.165, 1.54) is 0 Å². The monoisotopic (exact) mass is 213 g/mol. The maximum atomic E-state index is 10.8. The van der Waals surface area contributed by atoms with E-state index in [4.69, 9.17) is 0 Å². The van der Waals surface area contributed by atoms with Gasteiger partial charge in [0.2, 0.25) is 0 Å². The quantitative estimate of drug-likeness (QED) is 0.576. The Balaban J connectivity index is 0. The van der Waals surface area contributed by atoms with Gasteiger partial charge in [-0.1, -0.05) is 27.7 Å². The van der Waals surface area contributed by atoms with Crippen molar-refractivity contribution in [1.82, 2.24) is 0 Å². The Hall–Kier alpha value is 1.28. The first-order valence-corrected chi connectivity index (χ1v) is 3.28. The Morgan fingerprint density at radius 1 is 1.20 bits per heavy atom. The molecule has 0 aromatic rings. The van der Waals surface area contributed by atoms with Gasteiger partial charge in [0.1, 0.15) is 0 Å². The van der Waals surface area contributed by atoms with Crippen molar-refractivity contribution in [3.8, 4) is 0 Å². The summed E-state index contributed by atoms with van der Waals surface area (Å²) in [5.41, 5.74) is 0. The molecule has 0 spiro atoms. The molecule has 0 aliphatic heterocycles. The van der Waals surface area contributed by atoms with E-state index in [1.54, 1.807) is 0 Å². The third-order valence-corrected chi connectivity index (χ3v) is 0.879. The summed E-state index contributed by atoms with van der Waals surface area (Å²) in [7, 11) is 0. The predicted molar refractivity (Wildman–Crippen MR) is 38.3 cm³/mol. The molecule has 0 aromatic carbocycles. The molecule has 10 heavy (non-hydrogen) atoms. The van der Waals surface area contributed by atoms with Crippen molar-refractivity contribution in [2.75, 3.05) is 0 Å². The number of amides is 1.